The van der Waals surface area contributed by atoms with Crippen LogP contribution in [0.5, 0.6) is 0 Å². The van der Waals surface area contributed by atoms with Gasteiger partial charge in [0.05, 0.1) is 11.6 Å². The van der Waals surface area contributed by atoms with Crippen molar-refractivity contribution in [1.82, 2.24) is 5.32 Å². The number of carbonyl (C=O) groups excluding carboxylic acids is 1. The Balaban J connectivity index is 2.52. The number of nitriles is 1. The zero-order valence-corrected chi connectivity index (χ0v) is 13.6. The predicted octanol–water partition coefficient (Wildman–Crippen LogP) is 2.54. The molecule has 0 aliphatic carbocycles. The number of anilines is 1. The molecule has 0 unspecified atom stereocenters. The van der Waals surface area contributed by atoms with Crippen LogP contribution in [-0.4, -0.2) is 27.3 Å². The van der Waals surface area contributed by atoms with E-state index in [1.165, 1.54) is 0 Å². The Morgan fingerprint density at radius 3 is 2.62 bits per heavy atom. The smallest absolute Gasteiger partial charge is 0.319 e. The molecule has 0 heterocycles. The summed E-state index contributed by atoms with van der Waals surface area (Å²) in [5.41, 5.74) is 1.97. The second-order valence-corrected chi connectivity index (χ2v) is 8.01. The number of benzene rings is 1. The first-order valence-corrected chi connectivity index (χ1v) is 8.00. The van der Waals surface area contributed by atoms with E-state index in [-0.39, 0.29) is 10.8 Å². The van der Waals surface area contributed by atoms with Gasteiger partial charge in [-0.25, -0.2) is 4.79 Å². The van der Waals surface area contributed by atoms with Gasteiger partial charge in [-0.05, 0) is 45.4 Å². The van der Waals surface area contributed by atoms with Gasteiger partial charge >= 0.3 is 6.03 Å². The maximum atomic E-state index is 11.8. The Hall–Kier alpha value is -1.87. The van der Waals surface area contributed by atoms with E-state index in [1.807, 2.05) is 33.8 Å². The van der Waals surface area contributed by atoms with Crippen LogP contribution in [-0.2, 0) is 10.8 Å². The summed E-state index contributed by atoms with van der Waals surface area (Å²) >= 11 is 0. The van der Waals surface area contributed by atoms with E-state index >= 15 is 0 Å². The molecule has 1 aromatic carbocycles. The standard InChI is InChI=1S/C15H21N3O2S/c1-11-5-6-12(10-16)9-13(11)18-14(19)17-7-8-21(20)15(2,3)4/h5-6,9H,7-8H2,1-4H3,(H2,17,18,19)/t21-/m1/s1. The highest BCUT2D eigenvalue weighted by atomic mass is 32.2. The number of nitrogens with zero attached hydrogens (tertiary/aromatic N) is 1. The first-order chi connectivity index (χ1) is 9.74. The van der Waals surface area contributed by atoms with Crippen molar-refractivity contribution < 1.29 is 9.00 Å². The molecule has 1 rings (SSSR count). The van der Waals surface area contributed by atoms with Gasteiger partial charge < -0.3 is 10.6 Å². The number of carbonyl (C=O) groups is 1. The van der Waals surface area contributed by atoms with E-state index in [0.29, 0.717) is 23.5 Å². The Morgan fingerprint density at radius 1 is 1.38 bits per heavy atom. The largest absolute Gasteiger partial charge is 0.337 e. The van der Waals surface area contributed by atoms with Gasteiger partial charge in [0.25, 0.3) is 0 Å². The molecule has 0 saturated carbocycles. The van der Waals surface area contributed by atoms with Crippen molar-refractivity contribution in [3.8, 4) is 6.07 Å². The molecule has 1 atom stereocenters. The van der Waals surface area contributed by atoms with Gasteiger partial charge in [-0.1, -0.05) is 6.07 Å². The fraction of sp³-hybridized carbons (Fsp3) is 0.467. The zero-order valence-electron chi connectivity index (χ0n) is 12.8. The van der Waals surface area contributed by atoms with Crippen LogP contribution in [0.25, 0.3) is 0 Å². The van der Waals surface area contributed by atoms with E-state index < -0.39 is 10.8 Å². The number of rotatable bonds is 4. The average Bonchev–Trinajstić information content (AvgIpc) is 2.40. The van der Waals surface area contributed by atoms with Crippen LogP contribution < -0.4 is 10.6 Å². The predicted molar refractivity (Wildman–Crippen MR) is 85.7 cm³/mol. The van der Waals surface area contributed by atoms with E-state index in [2.05, 4.69) is 10.6 Å². The monoisotopic (exact) mass is 307 g/mol. The van der Waals surface area contributed by atoms with Crippen molar-refractivity contribution in [3.63, 3.8) is 0 Å². The summed E-state index contributed by atoms with van der Waals surface area (Å²) < 4.78 is 11.6. The maximum Gasteiger partial charge on any atom is 0.319 e. The number of urea groups is 1. The molecular weight excluding hydrogens is 286 g/mol. The molecule has 6 heteroatoms. The third kappa shape index (κ3) is 5.56. The summed E-state index contributed by atoms with van der Waals surface area (Å²) in [5.74, 6) is 0.411. The lowest BCUT2D eigenvalue weighted by molar-refractivity contribution is 0.252. The molecule has 0 bridgehead atoms. The minimum atomic E-state index is -0.995. The van der Waals surface area contributed by atoms with Gasteiger partial charge in [0.1, 0.15) is 0 Å². The average molecular weight is 307 g/mol. The topological polar surface area (TPSA) is 82.0 Å². The first kappa shape index (κ1) is 17.2. The van der Waals surface area contributed by atoms with E-state index in [1.54, 1.807) is 18.2 Å². The van der Waals surface area contributed by atoms with Crippen LogP contribution in [0.1, 0.15) is 31.9 Å². The van der Waals surface area contributed by atoms with Crippen LogP contribution in [0.3, 0.4) is 0 Å². The highest BCUT2D eigenvalue weighted by Crippen LogP contribution is 2.16. The van der Waals surface area contributed by atoms with E-state index in [0.717, 1.165) is 5.56 Å². The van der Waals surface area contributed by atoms with Crippen molar-refractivity contribution in [2.75, 3.05) is 17.6 Å². The third-order valence-corrected chi connectivity index (χ3v) is 4.81. The quantitative estimate of drug-likeness (QED) is 0.896. The lowest BCUT2D eigenvalue weighted by Gasteiger charge is -2.17. The van der Waals surface area contributed by atoms with Gasteiger partial charge in [0, 0.05) is 33.5 Å². The first-order valence-electron chi connectivity index (χ1n) is 6.68. The Bertz CT molecular complexity index is 586. The second kappa shape index (κ2) is 7.23. The summed E-state index contributed by atoms with van der Waals surface area (Å²) in [6, 6.07) is 6.78. The van der Waals surface area contributed by atoms with Crippen LogP contribution in [0.2, 0.25) is 0 Å². The highest BCUT2D eigenvalue weighted by Gasteiger charge is 2.18. The summed E-state index contributed by atoms with van der Waals surface area (Å²) in [6.45, 7) is 7.90. The van der Waals surface area contributed by atoms with Crippen molar-refractivity contribution in [2.45, 2.75) is 32.4 Å². The third-order valence-electron chi connectivity index (χ3n) is 2.87. The van der Waals surface area contributed by atoms with Gasteiger partial charge in [-0.2, -0.15) is 5.26 Å². The number of amides is 2. The van der Waals surface area contributed by atoms with Crippen LogP contribution >= 0.6 is 0 Å². The van der Waals surface area contributed by atoms with Gasteiger partial charge in [0.2, 0.25) is 0 Å². The molecule has 0 aromatic heterocycles. The Morgan fingerprint density at radius 2 is 2.05 bits per heavy atom. The normalized spacial score (nSPS) is 12.3. The van der Waals surface area contributed by atoms with Gasteiger partial charge in [-0.15, -0.1) is 0 Å². The fourth-order valence-corrected chi connectivity index (χ4v) is 2.46. The van der Waals surface area contributed by atoms with Crippen molar-refractivity contribution in [2.24, 2.45) is 0 Å². The molecule has 1 aromatic rings. The van der Waals surface area contributed by atoms with Crippen LogP contribution in [0.4, 0.5) is 10.5 Å². The molecule has 0 saturated heterocycles. The van der Waals surface area contributed by atoms with Gasteiger partial charge in [0.15, 0.2) is 0 Å². The Labute approximate surface area is 128 Å². The minimum Gasteiger partial charge on any atom is -0.337 e. The molecule has 2 N–H and O–H groups in total. The molecule has 21 heavy (non-hydrogen) atoms. The molecule has 0 spiro atoms. The number of aryl methyl sites for hydroxylation is 1. The fourth-order valence-electron chi connectivity index (χ4n) is 1.56. The van der Waals surface area contributed by atoms with Crippen LogP contribution in [0.15, 0.2) is 18.2 Å². The maximum absolute atomic E-state index is 11.8. The summed E-state index contributed by atoms with van der Waals surface area (Å²) in [5, 5.41) is 14.2. The molecule has 0 aliphatic heterocycles. The van der Waals surface area contributed by atoms with Crippen molar-refractivity contribution >= 4 is 22.5 Å². The molecule has 114 valence electrons. The minimum absolute atomic E-state index is 0.282. The van der Waals surface area contributed by atoms with Crippen LogP contribution in [0, 0.1) is 18.3 Å². The summed E-state index contributed by atoms with van der Waals surface area (Å²) in [7, 11) is -0.995. The number of nitrogens with one attached hydrogen (secondary N) is 2. The lowest BCUT2D eigenvalue weighted by atomic mass is 10.1. The van der Waals surface area contributed by atoms with E-state index in [9.17, 15) is 9.00 Å². The number of hydrogen-bond donors (Lipinski definition) is 2. The zero-order chi connectivity index (χ0) is 16.0. The molecule has 5 nitrogen and oxygen atoms in total. The SMILES string of the molecule is Cc1ccc(C#N)cc1NC(=O)NCC[S@@](=O)C(C)(C)C. The Kier molecular flexibility index (Phi) is 5.91. The van der Waals surface area contributed by atoms with E-state index in [4.69, 9.17) is 5.26 Å². The van der Waals surface area contributed by atoms with Crippen molar-refractivity contribution in [3.05, 3.63) is 29.3 Å². The van der Waals surface area contributed by atoms with Crippen molar-refractivity contribution in [1.29, 1.82) is 5.26 Å². The summed E-state index contributed by atoms with van der Waals surface area (Å²) in [6.07, 6.45) is 0. The second-order valence-electron chi connectivity index (χ2n) is 5.68. The molecule has 0 aliphatic rings. The summed E-state index contributed by atoms with van der Waals surface area (Å²) in [4.78, 5) is 11.8. The molecule has 0 radical (unpaired) electrons. The molecule has 0 fully saturated rings. The number of hydrogen-bond acceptors (Lipinski definition) is 3. The molecule has 2 amide bonds. The van der Waals surface area contributed by atoms with Gasteiger partial charge in [-0.3, -0.25) is 4.21 Å². The lowest BCUT2D eigenvalue weighted by Crippen LogP contribution is -2.35. The highest BCUT2D eigenvalue weighted by molar-refractivity contribution is 7.86. The molecular formula is C15H21N3O2S.